The predicted octanol–water partition coefficient (Wildman–Crippen LogP) is 3.66. The fourth-order valence-corrected chi connectivity index (χ4v) is 4.04. The van der Waals surface area contributed by atoms with E-state index in [0.29, 0.717) is 17.7 Å². The quantitative estimate of drug-likeness (QED) is 0.527. The minimum atomic E-state index is -0.0200. The van der Waals surface area contributed by atoms with E-state index in [-0.39, 0.29) is 5.56 Å². The van der Waals surface area contributed by atoms with Crippen LogP contribution >= 0.6 is 11.8 Å². The molecule has 0 radical (unpaired) electrons. The number of aromatic nitrogens is 4. The molecule has 0 amide bonds. The van der Waals surface area contributed by atoms with Crippen molar-refractivity contribution in [2.45, 2.75) is 31.3 Å². The molecular formula is C19H18N4OS. The molecule has 0 aliphatic carbocycles. The van der Waals surface area contributed by atoms with Crippen molar-refractivity contribution in [3.8, 4) is 0 Å². The Morgan fingerprint density at radius 2 is 1.80 bits per heavy atom. The van der Waals surface area contributed by atoms with Crippen molar-refractivity contribution < 1.29 is 0 Å². The molecule has 2 heterocycles. The average Bonchev–Trinajstić information content (AvgIpc) is 3.05. The van der Waals surface area contributed by atoms with Gasteiger partial charge >= 0.3 is 0 Å². The second-order valence-electron chi connectivity index (χ2n) is 5.90. The van der Waals surface area contributed by atoms with E-state index < -0.39 is 0 Å². The lowest BCUT2D eigenvalue weighted by Crippen LogP contribution is -2.22. The summed E-state index contributed by atoms with van der Waals surface area (Å²) < 4.78 is 3.66. The highest BCUT2D eigenvalue weighted by atomic mass is 32.2. The van der Waals surface area contributed by atoms with Crippen LogP contribution in [0.25, 0.3) is 16.7 Å². The normalized spacial score (nSPS) is 11.4. The summed E-state index contributed by atoms with van der Waals surface area (Å²) in [6.45, 7) is 4.63. The van der Waals surface area contributed by atoms with Gasteiger partial charge in [0.25, 0.3) is 5.56 Å². The molecule has 0 saturated carbocycles. The number of hydrogen-bond acceptors (Lipinski definition) is 4. The van der Waals surface area contributed by atoms with Gasteiger partial charge in [-0.3, -0.25) is 13.8 Å². The minimum Gasteiger partial charge on any atom is -0.277 e. The number of fused-ring (bicyclic) bond motifs is 3. The number of aryl methyl sites for hydroxylation is 2. The lowest BCUT2D eigenvalue weighted by atomic mass is 10.1. The first kappa shape index (κ1) is 15.9. The van der Waals surface area contributed by atoms with E-state index in [9.17, 15) is 4.79 Å². The second-order valence-corrected chi connectivity index (χ2v) is 6.84. The predicted molar refractivity (Wildman–Crippen MR) is 101 cm³/mol. The molecule has 25 heavy (non-hydrogen) atoms. The molecule has 2 aromatic carbocycles. The summed E-state index contributed by atoms with van der Waals surface area (Å²) >= 11 is 1.64. The maximum atomic E-state index is 12.7. The van der Waals surface area contributed by atoms with Crippen molar-refractivity contribution in [2.24, 2.45) is 0 Å². The standard InChI is InChI=1S/C19H18N4OS/c1-3-22-17(24)15-10-6-7-11-16(15)23-18(22)20-21-19(23)25-12-14-9-5-4-8-13(14)2/h4-11H,3,12H2,1-2H3. The zero-order chi connectivity index (χ0) is 17.4. The smallest absolute Gasteiger partial charge is 0.262 e. The number of nitrogens with zero attached hydrogens (tertiary/aromatic N) is 4. The third-order valence-electron chi connectivity index (χ3n) is 4.41. The largest absolute Gasteiger partial charge is 0.277 e. The number of para-hydroxylation sites is 1. The van der Waals surface area contributed by atoms with Crippen LogP contribution in [0.1, 0.15) is 18.1 Å². The lowest BCUT2D eigenvalue weighted by Gasteiger charge is -2.09. The van der Waals surface area contributed by atoms with E-state index in [1.165, 1.54) is 11.1 Å². The minimum absolute atomic E-state index is 0.0200. The van der Waals surface area contributed by atoms with Crippen molar-refractivity contribution >= 4 is 28.4 Å². The van der Waals surface area contributed by atoms with Gasteiger partial charge in [-0.2, -0.15) is 0 Å². The Morgan fingerprint density at radius 3 is 2.60 bits per heavy atom. The number of thioether (sulfide) groups is 1. The Kier molecular flexibility index (Phi) is 4.05. The first-order valence-corrected chi connectivity index (χ1v) is 9.23. The van der Waals surface area contributed by atoms with Gasteiger partial charge in [0.15, 0.2) is 5.16 Å². The molecule has 0 N–H and O–H groups in total. The molecule has 5 nitrogen and oxygen atoms in total. The molecule has 4 rings (SSSR count). The number of benzene rings is 2. The summed E-state index contributed by atoms with van der Waals surface area (Å²) in [5, 5.41) is 10.1. The van der Waals surface area contributed by atoms with Crippen LogP contribution in [0.5, 0.6) is 0 Å². The Balaban J connectivity index is 1.87. The Hall–Kier alpha value is -2.60. The topological polar surface area (TPSA) is 52.2 Å². The van der Waals surface area contributed by atoms with Gasteiger partial charge in [0.1, 0.15) is 0 Å². The van der Waals surface area contributed by atoms with Gasteiger partial charge in [-0.05, 0) is 37.1 Å². The van der Waals surface area contributed by atoms with Gasteiger partial charge in [0.2, 0.25) is 5.78 Å². The third kappa shape index (κ3) is 2.62. The second kappa shape index (κ2) is 6.37. The molecule has 0 spiro atoms. The number of rotatable bonds is 4. The summed E-state index contributed by atoms with van der Waals surface area (Å²) in [7, 11) is 0. The molecule has 0 bridgehead atoms. The first-order chi connectivity index (χ1) is 12.2. The Labute approximate surface area is 149 Å². The molecule has 0 unspecified atom stereocenters. The van der Waals surface area contributed by atoms with E-state index in [2.05, 4.69) is 35.3 Å². The lowest BCUT2D eigenvalue weighted by molar-refractivity contribution is 0.733. The first-order valence-electron chi connectivity index (χ1n) is 8.24. The molecule has 4 aromatic rings. The summed E-state index contributed by atoms with van der Waals surface area (Å²) in [4.78, 5) is 12.7. The molecule has 0 fully saturated rings. The average molecular weight is 350 g/mol. The number of hydrogen-bond donors (Lipinski definition) is 0. The van der Waals surface area contributed by atoms with Crippen molar-refractivity contribution in [2.75, 3.05) is 0 Å². The fourth-order valence-electron chi connectivity index (χ4n) is 3.03. The summed E-state index contributed by atoms with van der Waals surface area (Å²) in [6, 6.07) is 16.0. The highest BCUT2D eigenvalue weighted by Crippen LogP contribution is 2.25. The van der Waals surface area contributed by atoms with Gasteiger partial charge in [-0.1, -0.05) is 48.2 Å². The van der Waals surface area contributed by atoms with E-state index >= 15 is 0 Å². The van der Waals surface area contributed by atoms with Crippen molar-refractivity contribution in [3.05, 3.63) is 70.0 Å². The van der Waals surface area contributed by atoms with Crippen LogP contribution in [0.15, 0.2) is 58.5 Å². The van der Waals surface area contributed by atoms with Gasteiger partial charge in [-0.25, -0.2) is 0 Å². The van der Waals surface area contributed by atoms with E-state index in [4.69, 9.17) is 0 Å². The van der Waals surface area contributed by atoms with E-state index in [1.54, 1.807) is 16.3 Å². The van der Waals surface area contributed by atoms with Crippen LogP contribution in [-0.4, -0.2) is 19.2 Å². The van der Waals surface area contributed by atoms with Gasteiger partial charge in [0, 0.05) is 12.3 Å². The van der Waals surface area contributed by atoms with E-state index in [0.717, 1.165) is 16.4 Å². The molecular weight excluding hydrogens is 332 g/mol. The molecule has 0 saturated heterocycles. The van der Waals surface area contributed by atoms with Crippen LogP contribution in [0, 0.1) is 6.92 Å². The monoisotopic (exact) mass is 350 g/mol. The zero-order valence-electron chi connectivity index (χ0n) is 14.1. The van der Waals surface area contributed by atoms with Crippen molar-refractivity contribution in [3.63, 3.8) is 0 Å². The van der Waals surface area contributed by atoms with Crippen LogP contribution in [0.2, 0.25) is 0 Å². The Bertz CT molecular complexity index is 1130. The van der Waals surface area contributed by atoms with Crippen LogP contribution < -0.4 is 5.56 Å². The van der Waals surface area contributed by atoms with Crippen molar-refractivity contribution in [1.82, 2.24) is 19.2 Å². The molecule has 0 atom stereocenters. The third-order valence-corrected chi connectivity index (χ3v) is 5.39. The SMILES string of the molecule is CCn1c(=O)c2ccccc2n2c(SCc3ccccc3C)nnc12. The molecule has 126 valence electrons. The molecule has 6 heteroatoms. The van der Waals surface area contributed by atoms with Gasteiger partial charge < -0.3 is 0 Å². The Morgan fingerprint density at radius 1 is 1.04 bits per heavy atom. The summed E-state index contributed by atoms with van der Waals surface area (Å²) in [5.74, 6) is 1.41. The highest BCUT2D eigenvalue weighted by molar-refractivity contribution is 7.98. The summed E-state index contributed by atoms with van der Waals surface area (Å²) in [6.07, 6.45) is 0. The van der Waals surface area contributed by atoms with Crippen LogP contribution in [-0.2, 0) is 12.3 Å². The maximum absolute atomic E-state index is 12.7. The van der Waals surface area contributed by atoms with Crippen LogP contribution in [0.3, 0.4) is 0 Å². The summed E-state index contributed by atoms with van der Waals surface area (Å²) in [5.41, 5.74) is 3.37. The van der Waals surface area contributed by atoms with Crippen LogP contribution in [0.4, 0.5) is 0 Å². The fraction of sp³-hybridized carbons (Fsp3) is 0.211. The van der Waals surface area contributed by atoms with Crippen molar-refractivity contribution in [1.29, 1.82) is 0 Å². The van der Waals surface area contributed by atoms with Gasteiger partial charge in [0.05, 0.1) is 10.9 Å². The molecule has 2 aromatic heterocycles. The van der Waals surface area contributed by atoms with Gasteiger partial charge in [-0.15, -0.1) is 10.2 Å². The maximum Gasteiger partial charge on any atom is 0.262 e. The molecule has 0 aliphatic heterocycles. The van der Waals surface area contributed by atoms with E-state index in [1.807, 2.05) is 41.7 Å². The highest BCUT2D eigenvalue weighted by Gasteiger charge is 2.16. The molecule has 0 aliphatic rings. The zero-order valence-corrected chi connectivity index (χ0v) is 15.0.